The second-order valence-electron chi connectivity index (χ2n) is 11.2. The maximum Gasteiger partial charge on any atom is 0.301 e. The molecular weight excluding hydrogens is 658 g/mol. The quantitative estimate of drug-likeness (QED) is 0.0394. The molecule has 2 atom stereocenters. The SMILES string of the molecule is CCCCOc1ccc(C2/C(=C(\O)c3ccc4c(c3)CC(C)O4)C(=O)C(=O)N2c2nnc(SCc3ccc(Cl)cc3)s2)cc1OCC. The number of aliphatic hydroxyl groups excluding tert-OH is 1. The van der Waals surface area contributed by atoms with Gasteiger partial charge in [-0.25, -0.2) is 0 Å². The summed E-state index contributed by atoms with van der Waals surface area (Å²) in [5.74, 6) is 0.499. The molecule has 1 fully saturated rings. The Balaban J connectivity index is 1.41. The zero-order chi connectivity index (χ0) is 33.1. The summed E-state index contributed by atoms with van der Waals surface area (Å²) >= 11 is 8.70. The Labute approximate surface area is 286 Å². The molecule has 12 heteroatoms. The normalized spacial score (nSPS) is 18.3. The number of nitrogens with zero attached hydrogens (tertiary/aromatic N) is 3. The van der Waals surface area contributed by atoms with Crippen LogP contribution in [0.5, 0.6) is 17.2 Å². The van der Waals surface area contributed by atoms with Gasteiger partial charge in [0.25, 0.3) is 5.78 Å². The van der Waals surface area contributed by atoms with E-state index in [2.05, 4.69) is 17.1 Å². The van der Waals surface area contributed by atoms with Gasteiger partial charge in [0, 0.05) is 22.8 Å². The number of hydrogen-bond acceptors (Lipinski definition) is 10. The number of benzene rings is 3. The average molecular weight is 692 g/mol. The zero-order valence-electron chi connectivity index (χ0n) is 26.2. The molecule has 1 aromatic heterocycles. The van der Waals surface area contributed by atoms with E-state index in [1.54, 1.807) is 30.3 Å². The first kappa shape index (κ1) is 32.9. The molecule has 6 rings (SSSR count). The maximum absolute atomic E-state index is 13.8. The largest absolute Gasteiger partial charge is 0.507 e. The number of Topliss-reactive ketones (excluding diaryl/α,β-unsaturated/α-hetero) is 1. The minimum Gasteiger partial charge on any atom is -0.507 e. The van der Waals surface area contributed by atoms with Crippen molar-refractivity contribution < 1.29 is 28.9 Å². The summed E-state index contributed by atoms with van der Waals surface area (Å²) in [6.07, 6.45) is 2.54. The minimum absolute atomic E-state index is 0.00665. The first-order valence-electron chi connectivity index (χ1n) is 15.5. The molecule has 4 aromatic rings. The second-order valence-corrected chi connectivity index (χ2v) is 13.8. The zero-order valence-corrected chi connectivity index (χ0v) is 28.6. The third-order valence-corrected chi connectivity index (χ3v) is 10.2. The molecule has 1 N–H and O–H groups in total. The summed E-state index contributed by atoms with van der Waals surface area (Å²) in [6.45, 7) is 6.84. The number of ketones is 1. The molecule has 47 heavy (non-hydrogen) atoms. The molecule has 3 aromatic carbocycles. The Morgan fingerprint density at radius 1 is 1.06 bits per heavy atom. The topological polar surface area (TPSA) is 111 Å². The fourth-order valence-electron chi connectivity index (χ4n) is 5.56. The smallest absolute Gasteiger partial charge is 0.301 e. The van der Waals surface area contributed by atoms with Gasteiger partial charge in [0.15, 0.2) is 15.8 Å². The van der Waals surface area contributed by atoms with E-state index in [1.165, 1.54) is 28.0 Å². The van der Waals surface area contributed by atoms with Gasteiger partial charge in [-0.05, 0) is 79.4 Å². The van der Waals surface area contributed by atoms with Gasteiger partial charge in [-0.1, -0.05) is 66.2 Å². The lowest BCUT2D eigenvalue weighted by Crippen LogP contribution is -2.29. The van der Waals surface area contributed by atoms with Crippen LogP contribution in [-0.4, -0.2) is 46.3 Å². The number of fused-ring (bicyclic) bond motifs is 1. The number of halogens is 1. The van der Waals surface area contributed by atoms with Crippen LogP contribution in [0.4, 0.5) is 5.13 Å². The summed E-state index contributed by atoms with van der Waals surface area (Å²) in [5, 5.41) is 21.3. The van der Waals surface area contributed by atoms with Crippen LogP contribution in [0.15, 0.2) is 70.6 Å². The molecule has 0 spiro atoms. The highest BCUT2D eigenvalue weighted by Crippen LogP contribution is 2.46. The van der Waals surface area contributed by atoms with Crippen LogP contribution in [0.3, 0.4) is 0 Å². The number of hydrogen-bond donors (Lipinski definition) is 1. The van der Waals surface area contributed by atoms with Crippen LogP contribution in [0, 0.1) is 0 Å². The van der Waals surface area contributed by atoms with Gasteiger partial charge in [-0.2, -0.15) is 0 Å². The fourth-order valence-corrected chi connectivity index (χ4v) is 7.51. The van der Waals surface area contributed by atoms with Crippen LogP contribution in [-0.2, 0) is 21.8 Å². The average Bonchev–Trinajstić information content (AvgIpc) is 3.76. The highest BCUT2D eigenvalue weighted by atomic mass is 35.5. The van der Waals surface area contributed by atoms with Crippen molar-refractivity contribution >= 4 is 57.3 Å². The van der Waals surface area contributed by atoms with Crippen molar-refractivity contribution in [2.45, 2.75) is 62.3 Å². The molecule has 0 radical (unpaired) electrons. The Kier molecular flexibility index (Phi) is 10.0. The number of aromatic nitrogens is 2. The Morgan fingerprint density at radius 2 is 1.87 bits per heavy atom. The van der Waals surface area contributed by atoms with Crippen LogP contribution < -0.4 is 19.1 Å². The molecule has 0 bridgehead atoms. The number of unbranched alkanes of at least 4 members (excludes halogenated alkanes) is 1. The molecule has 0 saturated carbocycles. The second kappa shape index (κ2) is 14.4. The van der Waals surface area contributed by atoms with Gasteiger partial charge < -0.3 is 19.3 Å². The van der Waals surface area contributed by atoms with Crippen molar-refractivity contribution in [2.75, 3.05) is 18.1 Å². The predicted octanol–water partition coefficient (Wildman–Crippen LogP) is 8.01. The Bertz CT molecular complexity index is 1830. The third-order valence-electron chi connectivity index (χ3n) is 7.83. The molecule has 244 valence electrons. The van der Waals surface area contributed by atoms with Gasteiger partial charge in [-0.3, -0.25) is 14.5 Å². The van der Waals surface area contributed by atoms with E-state index in [0.29, 0.717) is 57.4 Å². The number of anilines is 1. The summed E-state index contributed by atoms with van der Waals surface area (Å²) in [5.41, 5.74) is 2.90. The lowest BCUT2D eigenvalue weighted by Gasteiger charge is -2.23. The van der Waals surface area contributed by atoms with E-state index in [1.807, 2.05) is 44.2 Å². The number of ether oxygens (including phenoxy) is 3. The predicted molar refractivity (Wildman–Crippen MR) is 184 cm³/mol. The highest BCUT2D eigenvalue weighted by molar-refractivity contribution is 8.00. The molecule has 1 saturated heterocycles. The lowest BCUT2D eigenvalue weighted by atomic mass is 9.94. The first-order chi connectivity index (χ1) is 22.8. The molecule has 0 aliphatic carbocycles. The van der Waals surface area contributed by atoms with Crippen molar-refractivity contribution in [3.63, 3.8) is 0 Å². The van der Waals surface area contributed by atoms with E-state index in [-0.39, 0.29) is 22.6 Å². The van der Waals surface area contributed by atoms with Crippen molar-refractivity contribution in [3.05, 3.63) is 93.5 Å². The van der Waals surface area contributed by atoms with Crippen LogP contribution in [0.25, 0.3) is 5.76 Å². The number of aliphatic hydroxyl groups is 1. The summed E-state index contributed by atoms with van der Waals surface area (Å²) < 4.78 is 18.4. The van der Waals surface area contributed by atoms with Gasteiger partial charge in [-0.15, -0.1) is 10.2 Å². The first-order valence-corrected chi connectivity index (χ1v) is 17.7. The number of amides is 1. The van der Waals surface area contributed by atoms with E-state index in [9.17, 15) is 14.7 Å². The van der Waals surface area contributed by atoms with Crippen molar-refractivity contribution in [1.29, 1.82) is 0 Å². The Hall–Kier alpha value is -4.06. The van der Waals surface area contributed by atoms with Crippen molar-refractivity contribution in [2.24, 2.45) is 0 Å². The van der Waals surface area contributed by atoms with E-state index in [0.717, 1.165) is 29.7 Å². The van der Waals surface area contributed by atoms with E-state index in [4.69, 9.17) is 25.8 Å². The van der Waals surface area contributed by atoms with Crippen LogP contribution >= 0.6 is 34.7 Å². The molecular formula is C35H34ClN3O6S2. The van der Waals surface area contributed by atoms with E-state index < -0.39 is 17.7 Å². The third kappa shape index (κ3) is 6.97. The Morgan fingerprint density at radius 3 is 2.64 bits per heavy atom. The summed E-state index contributed by atoms with van der Waals surface area (Å²) in [6, 6.07) is 17.1. The van der Waals surface area contributed by atoms with Gasteiger partial charge in [0.05, 0.1) is 24.8 Å². The number of thioether (sulfide) groups is 1. The monoisotopic (exact) mass is 691 g/mol. The number of rotatable bonds is 12. The molecule has 9 nitrogen and oxygen atoms in total. The minimum atomic E-state index is -0.996. The molecule has 2 aliphatic heterocycles. The summed E-state index contributed by atoms with van der Waals surface area (Å²) in [7, 11) is 0. The van der Waals surface area contributed by atoms with Gasteiger partial charge in [0.1, 0.15) is 17.6 Å². The van der Waals surface area contributed by atoms with Gasteiger partial charge >= 0.3 is 5.91 Å². The highest BCUT2D eigenvalue weighted by Gasteiger charge is 2.48. The molecule has 1 amide bonds. The van der Waals surface area contributed by atoms with Crippen molar-refractivity contribution in [3.8, 4) is 17.2 Å². The molecule has 3 heterocycles. The van der Waals surface area contributed by atoms with Crippen molar-refractivity contribution in [1.82, 2.24) is 10.2 Å². The van der Waals surface area contributed by atoms with E-state index >= 15 is 0 Å². The number of carbonyl (C=O) groups excluding carboxylic acids is 2. The molecule has 2 aliphatic rings. The maximum atomic E-state index is 13.8. The van der Waals surface area contributed by atoms with Crippen LogP contribution in [0.1, 0.15) is 61.9 Å². The number of carbonyl (C=O) groups is 2. The summed E-state index contributed by atoms with van der Waals surface area (Å²) in [4.78, 5) is 29.0. The standard InChI is InChI=1S/C35H34ClN3O6S2/c1-4-6-15-44-27-14-9-22(18-28(27)43-5-2)30-29(31(40)23-10-13-26-24(17-23)16-20(3)45-26)32(41)33(42)39(30)34-37-38-35(47-34)46-19-21-7-11-25(36)12-8-21/h7-14,17-18,20,30,40H,4-6,15-16,19H2,1-3H3/b31-29+. The molecule has 2 unspecified atom stereocenters. The van der Waals surface area contributed by atoms with Crippen LogP contribution in [0.2, 0.25) is 5.02 Å². The van der Waals surface area contributed by atoms with Gasteiger partial charge in [0.2, 0.25) is 5.13 Å². The fraction of sp³-hybridized carbons (Fsp3) is 0.314. The lowest BCUT2D eigenvalue weighted by molar-refractivity contribution is -0.132.